The van der Waals surface area contributed by atoms with Gasteiger partial charge in [0.25, 0.3) is 11.8 Å². The van der Waals surface area contributed by atoms with Gasteiger partial charge in [-0.25, -0.2) is 4.79 Å². The maximum atomic E-state index is 11.6. The van der Waals surface area contributed by atoms with Crippen LogP contribution in [0.15, 0.2) is 24.3 Å². The second kappa shape index (κ2) is 11.1. The molecule has 0 heterocycles. The van der Waals surface area contributed by atoms with Crippen LogP contribution in [0.3, 0.4) is 0 Å². The van der Waals surface area contributed by atoms with Gasteiger partial charge in [-0.1, -0.05) is 6.07 Å². The minimum Gasteiger partial charge on any atom is -0.493 e. The van der Waals surface area contributed by atoms with Crippen LogP contribution in [-0.4, -0.2) is 57.7 Å². The number of methoxy groups -OCH3 is 2. The molecule has 0 saturated heterocycles. The molecule has 0 aliphatic heterocycles. The summed E-state index contributed by atoms with van der Waals surface area (Å²) in [6, 6.07) is 4.74. The van der Waals surface area contributed by atoms with E-state index in [-0.39, 0.29) is 13.2 Å². The second-order valence-electron chi connectivity index (χ2n) is 4.96. The summed E-state index contributed by atoms with van der Waals surface area (Å²) < 4.78 is 19.4. The third kappa shape index (κ3) is 8.38. The summed E-state index contributed by atoms with van der Waals surface area (Å²) in [5, 5.41) is 2.23. The Morgan fingerprint density at radius 1 is 1.11 bits per heavy atom. The zero-order chi connectivity index (χ0) is 20.2. The van der Waals surface area contributed by atoms with E-state index in [0.717, 1.165) is 6.08 Å². The van der Waals surface area contributed by atoms with Crippen LogP contribution in [0.1, 0.15) is 5.56 Å². The van der Waals surface area contributed by atoms with Gasteiger partial charge in [-0.3, -0.25) is 14.4 Å². The Morgan fingerprint density at radius 2 is 1.85 bits per heavy atom. The molecule has 0 unspecified atom stereocenters. The van der Waals surface area contributed by atoms with E-state index in [1.165, 1.54) is 20.3 Å². The van der Waals surface area contributed by atoms with Gasteiger partial charge in [0.05, 0.1) is 14.2 Å². The first-order valence-electron chi connectivity index (χ1n) is 7.63. The maximum absolute atomic E-state index is 11.6. The number of nitrogens with two attached hydrogens (primary N) is 1. The number of carbonyl (C=O) groups excluding carboxylic acids is 4. The molecule has 10 nitrogen and oxygen atoms in total. The fraction of sp³-hybridized carbons (Fsp3) is 0.294. The molecular formula is C17H20N2O8. The Morgan fingerprint density at radius 3 is 2.48 bits per heavy atom. The number of amides is 2. The molecule has 0 spiro atoms. The summed E-state index contributed by atoms with van der Waals surface area (Å²) in [4.78, 5) is 44.6. The molecule has 0 aliphatic carbocycles. The molecule has 0 bridgehead atoms. The zero-order valence-electron chi connectivity index (χ0n) is 14.9. The van der Waals surface area contributed by atoms with Crippen LogP contribution in [0.4, 0.5) is 0 Å². The van der Waals surface area contributed by atoms with E-state index in [2.05, 4.69) is 10.1 Å². The van der Waals surface area contributed by atoms with Crippen LogP contribution in [-0.2, 0) is 28.7 Å². The average molecular weight is 380 g/mol. The van der Waals surface area contributed by atoms with Crippen LogP contribution in [0.5, 0.6) is 11.5 Å². The Balaban J connectivity index is 2.55. The second-order valence-corrected chi connectivity index (χ2v) is 4.96. The van der Waals surface area contributed by atoms with Crippen molar-refractivity contribution in [3.05, 3.63) is 29.8 Å². The molecule has 0 radical (unpaired) electrons. The van der Waals surface area contributed by atoms with E-state index in [1.807, 2.05) is 0 Å². The largest absolute Gasteiger partial charge is 0.493 e. The quantitative estimate of drug-likeness (QED) is 0.405. The Hall–Kier alpha value is -3.56. The first-order valence-corrected chi connectivity index (χ1v) is 7.63. The Labute approximate surface area is 155 Å². The fourth-order valence-corrected chi connectivity index (χ4v) is 1.70. The number of ether oxygens (including phenoxy) is 4. The predicted octanol–water partition coefficient (Wildman–Crippen LogP) is -0.595. The number of carbonyl (C=O) groups is 4. The average Bonchev–Trinajstić information content (AvgIpc) is 2.67. The molecule has 10 heteroatoms. The topological polar surface area (TPSA) is 143 Å². The third-order valence-electron chi connectivity index (χ3n) is 2.97. The predicted molar refractivity (Wildman–Crippen MR) is 92.7 cm³/mol. The molecule has 0 saturated carbocycles. The molecule has 0 aromatic heterocycles. The summed E-state index contributed by atoms with van der Waals surface area (Å²) in [5.41, 5.74) is 5.60. The number of primary amides is 1. The summed E-state index contributed by atoms with van der Waals surface area (Å²) in [6.07, 6.45) is 2.56. The van der Waals surface area contributed by atoms with Gasteiger partial charge in [-0.2, -0.15) is 0 Å². The van der Waals surface area contributed by atoms with E-state index in [4.69, 9.17) is 19.9 Å². The summed E-state index contributed by atoms with van der Waals surface area (Å²) in [7, 11) is 2.60. The molecule has 1 rings (SSSR count). The minimum absolute atomic E-state index is 0.296. The monoisotopic (exact) mass is 380 g/mol. The first-order chi connectivity index (χ1) is 12.8. The highest BCUT2D eigenvalue weighted by atomic mass is 16.5. The van der Waals surface area contributed by atoms with Gasteiger partial charge in [-0.15, -0.1) is 0 Å². The van der Waals surface area contributed by atoms with Gasteiger partial charge < -0.3 is 30.0 Å². The molecular weight excluding hydrogens is 360 g/mol. The number of hydrogen-bond acceptors (Lipinski definition) is 8. The van der Waals surface area contributed by atoms with Crippen LogP contribution >= 0.6 is 0 Å². The zero-order valence-corrected chi connectivity index (χ0v) is 14.9. The highest BCUT2D eigenvalue weighted by molar-refractivity contribution is 5.90. The number of nitrogens with one attached hydrogen (secondary N) is 1. The number of rotatable bonds is 10. The van der Waals surface area contributed by atoms with Gasteiger partial charge in [-0.05, 0) is 23.8 Å². The third-order valence-corrected chi connectivity index (χ3v) is 2.97. The maximum Gasteiger partial charge on any atom is 0.331 e. The molecule has 27 heavy (non-hydrogen) atoms. The van der Waals surface area contributed by atoms with Crippen LogP contribution < -0.4 is 20.5 Å². The lowest BCUT2D eigenvalue weighted by Gasteiger charge is -2.09. The summed E-state index contributed by atoms with van der Waals surface area (Å²) >= 11 is 0. The van der Waals surface area contributed by atoms with Crippen molar-refractivity contribution in [2.45, 2.75) is 0 Å². The van der Waals surface area contributed by atoms with Gasteiger partial charge in [0.15, 0.2) is 24.7 Å². The number of hydrogen-bond donors (Lipinski definition) is 2. The summed E-state index contributed by atoms with van der Waals surface area (Å²) in [6.45, 7) is -1.15. The number of esters is 2. The van der Waals surface area contributed by atoms with E-state index in [1.54, 1.807) is 18.2 Å². The number of benzene rings is 1. The van der Waals surface area contributed by atoms with Crippen molar-refractivity contribution in [2.24, 2.45) is 5.73 Å². The normalized spacial score (nSPS) is 10.1. The van der Waals surface area contributed by atoms with Crippen molar-refractivity contribution in [3.63, 3.8) is 0 Å². The van der Waals surface area contributed by atoms with Crippen LogP contribution in [0.2, 0.25) is 0 Å². The first kappa shape index (κ1) is 21.5. The van der Waals surface area contributed by atoms with E-state index in [0.29, 0.717) is 17.1 Å². The Bertz CT molecular complexity index is 730. The van der Waals surface area contributed by atoms with E-state index in [9.17, 15) is 19.2 Å². The lowest BCUT2D eigenvalue weighted by atomic mass is 10.2. The standard InChI is InChI=1S/C17H20N2O8/c1-24-13-7-11(3-5-12(13)26-9-14(18)20)4-6-16(22)27-10-15(21)19-8-17(23)25-2/h3-7H,8-10H2,1-2H3,(H2,18,20)(H,19,21)/b6-4+. The van der Waals surface area contributed by atoms with Gasteiger partial charge in [0.2, 0.25) is 0 Å². The van der Waals surface area contributed by atoms with Crippen molar-refractivity contribution >= 4 is 29.8 Å². The van der Waals surface area contributed by atoms with Gasteiger partial charge in [0.1, 0.15) is 6.54 Å². The summed E-state index contributed by atoms with van der Waals surface area (Å²) in [5.74, 6) is -1.98. The Kier molecular flexibility index (Phi) is 8.86. The lowest BCUT2D eigenvalue weighted by Crippen LogP contribution is -2.33. The van der Waals surface area contributed by atoms with Crippen molar-refractivity contribution < 1.29 is 38.1 Å². The highest BCUT2D eigenvalue weighted by Gasteiger charge is 2.09. The van der Waals surface area contributed by atoms with Gasteiger partial charge >= 0.3 is 11.9 Å². The van der Waals surface area contributed by atoms with Crippen LogP contribution in [0.25, 0.3) is 6.08 Å². The van der Waals surface area contributed by atoms with E-state index < -0.39 is 30.4 Å². The van der Waals surface area contributed by atoms with Crippen LogP contribution in [0, 0.1) is 0 Å². The molecule has 1 aromatic carbocycles. The van der Waals surface area contributed by atoms with Crippen molar-refractivity contribution in [1.29, 1.82) is 0 Å². The lowest BCUT2D eigenvalue weighted by molar-refractivity contribution is -0.145. The molecule has 0 aliphatic rings. The molecule has 146 valence electrons. The van der Waals surface area contributed by atoms with Crippen molar-refractivity contribution in [1.82, 2.24) is 5.32 Å². The SMILES string of the molecule is COC(=O)CNC(=O)COC(=O)/C=C/c1ccc(OCC(N)=O)c(OC)c1. The molecule has 0 atom stereocenters. The van der Waals surface area contributed by atoms with Crippen molar-refractivity contribution in [3.8, 4) is 11.5 Å². The minimum atomic E-state index is -0.753. The molecule has 2 amide bonds. The van der Waals surface area contributed by atoms with E-state index >= 15 is 0 Å². The molecule has 0 fully saturated rings. The molecule has 1 aromatic rings. The van der Waals surface area contributed by atoms with Crippen molar-refractivity contribution in [2.75, 3.05) is 34.0 Å². The van der Waals surface area contributed by atoms with Gasteiger partial charge in [0, 0.05) is 6.08 Å². The smallest absolute Gasteiger partial charge is 0.331 e. The fourth-order valence-electron chi connectivity index (χ4n) is 1.70. The molecule has 3 N–H and O–H groups in total. The highest BCUT2D eigenvalue weighted by Crippen LogP contribution is 2.28.